The van der Waals surface area contributed by atoms with Crippen LogP contribution < -0.4 is 20.1 Å². The Bertz CT molecular complexity index is 638. The molecule has 1 aromatic rings. The van der Waals surface area contributed by atoms with Crippen molar-refractivity contribution in [1.29, 1.82) is 0 Å². The van der Waals surface area contributed by atoms with Gasteiger partial charge in [-0.15, -0.1) is 0 Å². The number of carbonyl (C=O) groups is 2. The zero-order chi connectivity index (χ0) is 17.9. The SMILES string of the molecule is COc1cc(NC(=O)OC(C)(C)C)c(C2CNC(=O)O2)cc1OC. The van der Waals surface area contributed by atoms with Gasteiger partial charge in [0.25, 0.3) is 0 Å². The number of cyclic esters (lactones) is 1. The second-order valence-electron chi connectivity index (χ2n) is 6.20. The Balaban J connectivity index is 2.35. The van der Waals surface area contributed by atoms with Crippen molar-refractivity contribution >= 4 is 17.9 Å². The number of alkyl carbamates (subject to hydrolysis) is 1. The molecule has 0 saturated carbocycles. The van der Waals surface area contributed by atoms with Crippen molar-refractivity contribution in [3.63, 3.8) is 0 Å². The molecular weight excluding hydrogens is 316 g/mol. The fourth-order valence-corrected chi connectivity index (χ4v) is 2.24. The fourth-order valence-electron chi connectivity index (χ4n) is 2.24. The third-order valence-corrected chi connectivity index (χ3v) is 3.22. The Morgan fingerprint density at radius 2 is 1.88 bits per heavy atom. The lowest BCUT2D eigenvalue weighted by atomic mass is 10.1. The first-order chi connectivity index (χ1) is 11.2. The van der Waals surface area contributed by atoms with Crippen LogP contribution in [0.5, 0.6) is 11.5 Å². The maximum atomic E-state index is 12.1. The molecule has 0 spiro atoms. The molecule has 132 valence electrons. The molecule has 8 nitrogen and oxygen atoms in total. The molecule has 1 unspecified atom stereocenters. The number of nitrogens with one attached hydrogen (secondary N) is 2. The molecule has 0 bridgehead atoms. The molecule has 1 fully saturated rings. The highest BCUT2D eigenvalue weighted by atomic mass is 16.6. The molecular formula is C16H22N2O6. The van der Waals surface area contributed by atoms with Crippen LogP contribution in [0.4, 0.5) is 15.3 Å². The van der Waals surface area contributed by atoms with Crippen LogP contribution in [0.3, 0.4) is 0 Å². The lowest BCUT2D eigenvalue weighted by molar-refractivity contribution is 0.0635. The molecule has 2 N–H and O–H groups in total. The Morgan fingerprint density at radius 1 is 1.25 bits per heavy atom. The minimum Gasteiger partial charge on any atom is -0.493 e. The zero-order valence-electron chi connectivity index (χ0n) is 14.4. The van der Waals surface area contributed by atoms with E-state index in [9.17, 15) is 9.59 Å². The third kappa shape index (κ3) is 4.21. The van der Waals surface area contributed by atoms with E-state index in [2.05, 4.69) is 10.6 Å². The van der Waals surface area contributed by atoms with Crippen LogP contribution in [0.15, 0.2) is 12.1 Å². The van der Waals surface area contributed by atoms with Crippen LogP contribution >= 0.6 is 0 Å². The molecule has 1 heterocycles. The van der Waals surface area contributed by atoms with Crippen LogP contribution in [0, 0.1) is 0 Å². The maximum absolute atomic E-state index is 12.1. The van der Waals surface area contributed by atoms with Gasteiger partial charge in [0.05, 0.1) is 26.5 Å². The van der Waals surface area contributed by atoms with E-state index in [1.807, 2.05) is 0 Å². The summed E-state index contributed by atoms with van der Waals surface area (Å²) in [5.41, 5.74) is 0.364. The highest BCUT2D eigenvalue weighted by Crippen LogP contribution is 2.38. The van der Waals surface area contributed by atoms with E-state index in [4.69, 9.17) is 18.9 Å². The van der Waals surface area contributed by atoms with Crippen LogP contribution in [0.1, 0.15) is 32.4 Å². The van der Waals surface area contributed by atoms with Gasteiger partial charge in [0.1, 0.15) is 11.7 Å². The van der Waals surface area contributed by atoms with Crippen molar-refractivity contribution in [2.45, 2.75) is 32.5 Å². The Labute approximate surface area is 140 Å². The van der Waals surface area contributed by atoms with Crippen molar-refractivity contribution in [3.8, 4) is 11.5 Å². The van der Waals surface area contributed by atoms with Crippen molar-refractivity contribution < 1.29 is 28.5 Å². The summed E-state index contributed by atoms with van der Waals surface area (Å²) in [6, 6.07) is 3.26. The second kappa shape index (κ2) is 6.86. The number of hydrogen-bond acceptors (Lipinski definition) is 6. The van der Waals surface area contributed by atoms with E-state index in [1.54, 1.807) is 32.9 Å². The highest BCUT2D eigenvalue weighted by Gasteiger charge is 2.29. The Morgan fingerprint density at radius 3 is 2.38 bits per heavy atom. The second-order valence-corrected chi connectivity index (χ2v) is 6.20. The first-order valence-corrected chi connectivity index (χ1v) is 7.44. The van der Waals surface area contributed by atoms with Gasteiger partial charge in [-0.2, -0.15) is 0 Å². The number of carbonyl (C=O) groups excluding carboxylic acids is 2. The van der Waals surface area contributed by atoms with E-state index < -0.39 is 23.9 Å². The molecule has 8 heteroatoms. The topological polar surface area (TPSA) is 95.1 Å². The molecule has 1 aliphatic rings. The number of hydrogen-bond donors (Lipinski definition) is 2. The van der Waals surface area contributed by atoms with Crippen molar-refractivity contribution in [1.82, 2.24) is 5.32 Å². The van der Waals surface area contributed by atoms with Crippen molar-refractivity contribution in [3.05, 3.63) is 17.7 Å². The van der Waals surface area contributed by atoms with E-state index in [0.29, 0.717) is 22.7 Å². The van der Waals surface area contributed by atoms with Gasteiger partial charge in [0, 0.05) is 11.6 Å². The molecule has 2 amide bonds. The zero-order valence-corrected chi connectivity index (χ0v) is 14.4. The summed E-state index contributed by atoms with van der Waals surface area (Å²) in [4.78, 5) is 23.4. The minimum absolute atomic E-state index is 0.289. The summed E-state index contributed by atoms with van der Waals surface area (Å²) in [6.07, 6.45) is -1.69. The largest absolute Gasteiger partial charge is 0.493 e. The quantitative estimate of drug-likeness (QED) is 0.876. The van der Waals surface area contributed by atoms with E-state index in [0.717, 1.165) is 0 Å². The molecule has 0 aromatic heterocycles. The van der Waals surface area contributed by atoms with Crippen LogP contribution in [0.2, 0.25) is 0 Å². The Hall–Kier alpha value is -2.64. The Kier molecular flexibility index (Phi) is 5.06. The number of ether oxygens (including phenoxy) is 4. The normalized spacial score (nSPS) is 16.9. The monoisotopic (exact) mass is 338 g/mol. The predicted molar refractivity (Wildman–Crippen MR) is 86.6 cm³/mol. The van der Waals surface area contributed by atoms with E-state index >= 15 is 0 Å². The average Bonchev–Trinajstić information content (AvgIpc) is 2.91. The molecule has 24 heavy (non-hydrogen) atoms. The van der Waals surface area contributed by atoms with Crippen LogP contribution in [-0.4, -0.2) is 38.6 Å². The van der Waals surface area contributed by atoms with Gasteiger partial charge in [-0.1, -0.05) is 0 Å². The van der Waals surface area contributed by atoms with Gasteiger partial charge in [-0.25, -0.2) is 9.59 Å². The minimum atomic E-state index is -0.637. The summed E-state index contributed by atoms with van der Waals surface area (Å²) in [7, 11) is 2.99. The fraction of sp³-hybridized carbons (Fsp3) is 0.500. The highest BCUT2D eigenvalue weighted by molar-refractivity contribution is 5.87. The van der Waals surface area contributed by atoms with Crippen LogP contribution in [0.25, 0.3) is 0 Å². The smallest absolute Gasteiger partial charge is 0.412 e. The number of benzene rings is 1. The molecule has 0 radical (unpaired) electrons. The van der Waals surface area contributed by atoms with E-state index in [1.165, 1.54) is 14.2 Å². The summed E-state index contributed by atoms with van der Waals surface area (Å²) < 4.78 is 21.0. The summed E-state index contributed by atoms with van der Waals surface area (Å²) in [5.74, 6) is 0.898. The first-order valence-electron chi connectivity index (χ1n) is 7.44. The van der Waals surface area contributed by atoms with E-state index in [-0.39, 0.29) is 6.54 Å². The lowest BCUT2D eigenvalue weighted by Gasteiger charge is -2.22. The average molecular weight is 338 g/mol. The molecule has 1 aromatic carbocycles. The molecule has 0 aliphatic carbocycles. The molecule has 2 rings (SSSR count). The number of rotatable bonds is 4. The number of methoxy groups -OCH3 is 2. The molecule has 1 atom stereocenters. The third-order valence-electron chi connectivity index (χ3n) is 3.22. The van der Waals surface area contributed by atoms with Gasteiger partial charge in [0.2, 0.25) is 0 Å². The summed E-state index contributed by atoms with van der Waals surface area (Å²) in [6.45, 7) is 5.59. The summed E-state index contributed by atoms with van der Waals surface area (Å²) >= 11 is 0. The van der Waals surface area contributed by atoms with Gasteiger partial charge >= 0.3 is 12.2 Å². The van der Waals surface area contributed by atoms with Gasteiger partial charge in [-0.05, 0) is 26.8 Å². The maximum Gasteiger partial charge on any atom is 0.412 e. The molecule has 1 saturated heterocycles. The molecule has 1 aliphatic heterocycles. The van der Waals surface area contributed by atoms with Crippen molar-refractivity contribution in [2.75, 3.05) is 26.1 Å². The van der Waals surface area contributed by atoms with Crippen molar-refractivity contribution in [2.24, 2.45) is 0 Å². The number of amides is 2. The van der Waals surface area contributed by atoms with Gasteiger partial charge in [0.15, 0.2) is 11.5 Å². The summed E-state index contributed by atoms with van der Waals surface area (Å²) in [5, 5.41) is 5.24. The standard InChI is InChI=1S/C16H22N2O6/c1-16(2,3)24-15(20)18-10-7-12(22-5)11(21-4)6-9(10)13-8-17-14(19)23-13/h6-7,13H,8H2,1-5H3,(H,17,19)(H,18,20). The number of anilines is 1. The van der Waals surface area contributed by atoms with Gasteiger partial charge < -0.3 is 24.3 Å². The predicted octanol–water partition coefficient (Wildman–Crippen LogP) is 2.83. The van der Waals surface area contributed by atoms with Gasteiger partial charge in [-0.3, -0.25) is 5.32 Å². The first kappa shape index (κ1) is 17.7. The lowest BCUT2D eigenvalue weighted by Crippen LogP contribution is -2.27. The van der Waals surface area contributed by atoms with Crippen LogP contribution in [-0.2, 0) is 9.47 Å².